The van der Waals surface area contributed by atoms with Gasteiger partial charge in [0.1, 0.15) is 11.7 Å². The number of rotatable bonds is 5. The molecule has 2 fully saturated rings. The number of hydrogen-bond acceptors (Lipinski definition) is 7. The summed E-state index contributed by atoms with van der Waals surface area (Å²) in [4.78, 5) is 45.0. The molecular formula is C24H18ClN3O6. The Morgan fingerprint density at radius 2 is 1.71 bits per heavy atom. The Kier molecular flexibility index (Phi) is 5.43. The molecule has 172 valence electrons. The molecule has 2 aliphatic rings. The van der Waals surface area contributed by atoms with Crippen LogP contribution in [0.3, 0.4) is 0 Å². The fraction of sp³-hybridized carbons (Fsp3) is 0.167. The smallest absolute Gasteiger partial charge is 0.269 e. The van der Waals surface area contributed by atoms with Crippen LogP contribution in [0.5, 0.6) is 5.75 Å². The van der Waals surface area contributed by atoms with Gasteiger partial charge in [-0.2, -0.15) is 0 Å². The highest BCUT2D eigenvalue weighted by molar-refractivity contribution is 6.30. The van der Waals surface area contributed by atoms with Gasteiger partial charge in [-0.25, -0.2) is 9.96 Å². The Bertz CT molecular complexity index is 1300. The van der Waals surface area contributed by atoms with Gasteiger partial charge >= 0.3 is 0 Å². The first-order valence-corrected chi connectivity index (χ1v) is 10.7. The van der Waals surface area contributed by atoms with Gasteiger partial charge in [0, 0.05) is 23.2 Å². The highest BCUT2D eigenvalue weighted by atomic mass is 35.5. The van der Waals surface area contributed by atoms with Crippen LogP contribution in [-0.2, 0) is 14.4 Å². The molecule has 2 heterocycles. The zero-order chi connectivity index (χ0) is 24.0. The second-order valence-electron chi connectivity index (χ2n) is 7.86. The summed E-state index contributed by atoms with van der Waals surface area (Å²) in [5.74, 6) is -1.41. The lowest BCUT2D eigenvalue weighted by Crippen LogP contribution is -2.37. The largest absolute Gasteiger partial charge is 0.497 e. The summed E-state index contributed by atoms with van der Waals surface area (Å²) in [6.45, 7) is 0. The Hall–Kier alpha value is -3.95. The second kappa shape index (κ2) is 8.44. The van der Waals surface area contributed by atoms with Crippen LogP contribution in [0.15, 0.2) is 72.8 Å². The molecule has 2 amide bonds. The van der Waals surface area contributed by atoms with Crippen molar-refractivity contribution >= 4 is 40.5 Å². The molecule has 3 aromatic carbocycles. The van der Waals surface area contributed by atoms with E-state index in [0.29, 0.717) is 27.7 Å². The van der Waals surface area contributed by atoms with Crippen LogP contribution in [0.25, 0.3) is 0 Å². The molecule has 0 saturated carbocycles. The van der Waals surface area contributed by atoms with Crippen molar-refractivity contribution in [1.82, 2.24) is 0 Å². The van der Waals surface area contributed by atoms with E-state index in [4.69, 9.17) is 21.2 Å². The summed E-state index contributed by atoms with van der Waals surface area (Å²) >= 11 is 6.02. The number of hydroxylamine groups is 1. The van der Waals surface area contributed by atoms with Crippen LogP contribution in [0.2, 0.25) is 5.02 Å². The number of amides is 2. The maximum absolute atomic E-state index is 13.6. The van der Waals surface area contributed by atoms with Gasteiger partial charge in [0.05, 0.1) is 29.4 Å². The molecule has 0 spiro atoms. The summed E-state index contributed by atoms with van der Waals surface area (Å²) in [5.41, 5.74) is 1.27. The van der Waals surface area contributed by atoms with Crippen LogP contribution in [0, 0.1) is 16.0 Å². The van der Waals surface area contributed by atoms with Gasteiger partial charge < -0.3 is 4.74 Å². The standard InChI is InChI=1S/C24H18ClN3O6/c1-33-19-7-3-5-17(13-19)26-23(29)20-21(14-4-2-6-18(12-14)28(31)32)27(34-22(20)24(26)30)16-10-8-15(25)9-11-16/h2-13,20-22H,1H3/t20-,21+,22-/m0/s1. The van der Waals surface area contributed by atoms with E-state index in [0.717, 1.165) is 4.90 Å². The first kappa shape index (κ1) is 21.9. The van der Waals surface area contributed by atoms with E-state index in [-0.39, 0.29) is 5.69 Å². The van der Waals surface area contributed by atoms with Gasteiger partial charge in [0.25, 0.3) is 11.6 Å². The van der Waals surface area contributed by atoms with Crippen molar-refractivity contribution < 1.29 is 24.1 Å². The van der Waals surface area contributed by atoms with Gasteiger partial charge in [0.2, 0.25) is 5.91 Å². The number of non-ortho nitro benzene ring substituents is 1. The molecule has 0 bridgehead atoms. The van der Waals surface area contributed by atoms with E-state index in [2.05, 4.69) is 0 Å². The van der Waals surface area contributed by atoms with Crippen LogP contribution in [0.4, 0.5) is 17.1 Å². The lowest BCUT2D eigenvalue weighted by atomic mass is 9.90. The summed E-state index contributed by atoms with van der Waals surface area (Å²) in [6.07, 6.45) is -1.10. The zero-order valence-electron chi connectivity index (χ0n) is 17.8. The predicted molar refractivity (Wildman–Crippen MR) is 124 cm³/mol. The molecule has 9 nitrogen and oxygen atoms in total. The fourth-order valence-corrected chi connectivity index (χ4v) is 4.52. The zero-order valence-corrected chi connectivity index (χ0v) is 18.6. The number of imide groups is 1. The molecule has 3 aromatic rings. The minimum Gasteiger partial charge on any atom is -0.497 e. The van der Waals surface area contributed by atoms with E-state index >= 15 is 0 Å². The quantitative estimate of drug-likeness (QED) is 0.305. The Balaban J connectivity index is 1.60. The highest BCUT2D eigenvalue weighted by Gasteiger charge is 2.60. The number of carbonyl (C=O) groups excluding carboxylic acids is 2. The Morgan fingerprint density at radius 3 is 2.41 bits per heavy atom. The highest BCUT2D eigenvalue weighted by Crippen LogP contribution is 2.48. The van der Waals surface area contributed by atoms with E-state index in [1.165, 1.54) is 24.3 Å². The summed E-state index contributed by atoms with van der Waals surface area (Å²) in [5, 5.41) is 13.4. The molecule has 2 aliphatic heterocycles. The third-order valence-corrected chi connectivity index (χ3v) is 6.18. The number of hydrogen-bond donors (Lipinski definition) is 0. The average Bonchev–Trinajstić information content (AvgIpc) is 3.35. The predicted octanol–water partition coefficient (Wildman–Crippen LogP) is 4.31. The number of nitro groups is 1. The molecule has 3 atom stereocenters. The van der Waals surface area contributed by atoms with Crippen molar-refractivity contribution in [1.29, 1.82) is 0 Å². The third kappa shape index (κ3) is 3.55. The number of carbonyl (C=O) groups is 2. The van der Waals surface area contributed by atoms with E-state index in [1.54, 1.807) is 60.7 Å². The SMILES string of the molecule is COc1cccc(N2C(=O)[C@@H]3[C@H](ON(c4ccc(Cl)cc4)[C@@H]3c3cccc([N+](=O)[O-])c3)C2=O)c1. The number of fused-ring (bicyclic) bond motifs is 1. The number of anilines is 2. The third-order valence-electron chi connectivity index (χ3n) is 5.93. The number of halogens is 1. The number of nitro benzene ring substituents is 1. The Labute approximate surface area is 199 Å². The van der Waals surface area contributed by atoms with Crippen LogP contribution >= 0.6 is 11.6 Å². The fourth-order valence-electron chi connectivity index (χ4n) is 4.39. The van der Waals surface area contributed by atoms with Crippen LogP contribution < -0.4 is 14.7 Å². The molecule has 34 heavy (non-hydrogen) atoms. The van der Waals surface area contributed by atoms with E-state index < -0.39 is 34.8 Å². The van der Waals surface area contributed by atoms with Gasteiger partial charge in [-0.3, -0.25) is 24.5 Å². The minimum atomic E-state index is -1.10. The van der Waals surface area contributed by atoms with Crippen molar-refractivity contribution in [3.8, 4) is 5.75 Å². The Morgan fingerprint density at radius 1 is 0.971 bits per heavy atom. The molecule has 5 rings (SSSR count). The monoisotopic (exact) mass is 479 g/mol. The van der Waals surface area contributed by atoms with Crippen molar-refractivity contribution in [2.45, 2.75) is 12.1 Å². The van der Waals surface area contributed by atoms with Crippen molar-refractivity contribution in [3.63, 3.8) is 0 Å². The molecule has 0 unspecified atom stereocenters. The molecule has 0 aromatic heterocycles. The lowest BCUT2D eigenvalue weighted by molar-refractivity contribution is -0.384. The molecule has 0 aliphatic carbocycles. The van der Waals surface area contributed by atoms with Crippen molar-refractivity contribution in [2.75, 3.05) is 17.1 Å². The van der Waals surface area contributed by atoms with Crippen LogP contribution in [0.1, 0.15) is 11.6 Å². The average molecular weight is 480 g/mol. The van der Waals surface area contributed by atoms with E-state index in [9.17, 15) is 19.7 Å². The van der Waals surface area contributed by atoms with Crippen molar-refractivity contribution in [3.05, 3.63) is 93.5 Å². The lowest BCUT2D eigenvalue weighted by Gasteiger charge is -2.28. The maximum Gasteiger partial charge on any atom is 0.269 e. The number of ether oxygens (including phenoxy) is 1. The van der Waals surface area contributed by atoms with Gasteiger partial charge in [-0.1, -0.05) is 29.8 Å². The topological polar surface area (TPSA) is 102 Å². The summed E-state index contributed by atoms with van der Waals surface area (Å²) in [6, 6.07) is 18.5. The first-order valence-electron chi connectivity index (χ1n) is 10.4. The molecule has 10 heteroatoms. The van der Waals surface area contributed by atoms with Gasteiger partial charge in [-0.05, 0) is 42.0 Å². The molecular weight excluding hydrogens is 462 g/mol. The number of benzene rings is 3. The molecule has 0 radical (unpaired) electrons. The molecule has 2 saturated heterocycles. The molecule has 0 N–H and O–H groups in total. The second-order valence-corrected chi connectivity index (χ2v) is 8.30. The van der Waals surface area contributed by atoms with Crippen LogP contribution in [-0.4, -0.2) is 30.0 Å². The maximum atomic E-state index is 13.6. The van der Waals surface area contributed by atoms with Crippen molar-refractivity contribution in [2.24, 2.45) is 5.92 Å². The normalized spacial score (nSPS) is 21.6. The van der Waals surface area contributed by atoms with Gasteiger partial charge in [-0.15, -0.1) is 0 Å². The number of methoxy groups -OCH3 is 1. The van der Waals surface area contributed by atoms with Gasteiger partial charge in [0.15, 0.2) is 6.10 Å². The summed E-state index contributed by atoms with van der Waals surface area (Å²) < 4.78 is 5.23. The number of nitrogens with zero attached hydrogens (tertiary/aromatic N) is 3. The summed E-state index contributed by atoms with van der Waals surface area (Å²) in [7, 11) is 1.49. The minimum absolute atomic E-state index is 0.126. The van der Waals surface area contributed by atoms with E-state index in [1.807, 2.05) is 0 Å². The first-order chi connectivity index (χ1) is 16.4.